The molecule has 1 aliphatic heterocycles. The fourth-order valence-electron chi connectivity index (χ4n) is 2.72. The van der Waals surface area contributed by atoms with Crippen LogP contribution in [0.5, 0.6) is 11.5 Å². The van der Waals surface area contributed by atoms with E-state index in [2.05, 4.69) is 0 Å². The van der Waals surface area contributed by atoms with E-state index in [1.54, 1.807) is 6.07 Å². The topological polar surface area (TPSA) is 108 Å². The van der Waals surface area contributed by atoms with Gasteiger partial charge >= 0.3 is 5.69 Å². The van der Waals surface area contributed by atoms with Crippen molar-refractivity contribution in [3.05, 3.63) is 58.4 Å². The Kier molecular flexibility index (Phi) is 6.62. The van der Waals surface area contributed by atoms with Crippen molar-refractivity contribution < 1.29 is 31.9 Å². The lowest BCUT2D eigenvalue weighted by atomic mass is 10.3. The predicted octanol–water partition coefficient (Wildman–Crippen LogP) is 2.21. The number of para-hydroxylation sites is 1. The average Bonchev–Trinajstić information content (AvgIpc) is 2.73. The Hall–Kier alpha value is -2.76. The zero-order chi connectivity index (χ0) is 20.9. The summed E-state index contributed by atoms with van der Waals surface area (Å²) < 4.78 is 55.8. The van der Waals surface area contributed by atoms with Crippen molar-refractivity contribution in [1.82, 2.24) is 4.31 Å². The molecule has 9 nitrogen and oxygen atoms in total. The Balaban J connectivity index is 1.69. The van der Waals surface area contributed by atoms with Gasteiger partial charge in [-0.3, -0.25) is 10.1 Å². The normalized spacial score (nSPS) is 15.1. The number of nitro benzene ring substituents is 1. The molecule has 2 aromatic carbocycles. The summed E-state index contributed by atoms with van der Waals surface area (Å²) in [6.07, 6.45) is 0. The van der Waals surface area contributed by atoms with Gasteiger partial charge in [-0.25, -0.2) is 12.8 Å². The third-order valence-electron chi connectivity index (χ3n) is 4.17. The monoisotopic (exact) mass is 426 g/mol. The zero-order valence-electron chi connectivity index (χ0n) is 15.3. The number of sulfonamides is 1. The second-order valence-corrected chi connectivity index (χ2v) is 7.97. The van der Waals surface area contributed by atoms with Crippen LogP contribution in [0.3, 0.4) is 0 Å². The van der Waals surface area contributed by atoms with E-state index in [0.29, 0.717) is 0 Å². The highest BCUT2D eigenvalue weighted by Gasteiger charge is 2.29. The lowest BCUT2D eigenvalue weighted by Crippen LogP contribution is -2.40. The van der Waals surface area contributed by atoms with Crippen LogP contribution >= 0.6 is 0 Å². The summed E-state index contributed by atoms with van der Waals surface area (Å²) in [5.74, 6) is -0.596. The molecule has 1 saturated heterocycles. The van der Waals surface area contributed by atoms with E-state index in [4.69, 9.17) is 14.2 Å². The molecule has 0 amide bonds. The lowest BCUT2D eigenvalue weighted by molar-refractivity contribution is -0.386. The maximum absolute atomic E-state index is 13.5. The van der Waals surface area contributed by atoms with Gasteiger partial charge in [0.1, 0.15) is 13.2 Å². The molecule has 1 heterocycles. The maximum Gasteiger partial charge on any atom is 0.312 e. The first-order valence-electron chi connectivity index (χ1n) is 8.76. The van der Waals surface area contributed by atoms with E-state index in [0.717, 1.165) is 6.07 Å². The van der Waals surface area contributed by atoms with Crippen LogP contribution in [0.1, 0.15) is 0 Å². The SMILES string of the molecule is O=[N+]([O-])c1cc(S(=O)(=O)N2CCOCC2)ccc1OCCOc1ccccc1F. The predicted molar refractivity (Wildman–Crippen MR) is 100 cm³/mol. The minimum Gasteiger partial charge on any atom is -0.487 e. The molecule has 29 heavy (non-hydrogen) atoms. The molecular formula is C18H19FN2O7S. The second-order valence-electron chi connectivity index (χ2n) is 6.03. The molecule has 2 aromatic rings. The number of ether oxygens (including phenoxy) is 3. The van der Waals surface area contributed by atoms with Gasteiger partial charge in [0.15, 0.2) is 17.3 Å². The summed E-state index contributed by atoms with van der Waals surface area (Å²) in [5.41, 5.74) is -0.481. The summed E-state index contributed by atoms with van der Waals surface area (Å²) >= 11 is 0. The van der Waals surface area contributed by atoms with Gasteiger partial charge in [0.05, 0.1) is 23.0 Å². The molecule has 11 heteroatoms. The Morgan fingerprint density at radius 2 is 1.72 bits per heavy atom. The van der Waals surface area contributed by atoms with Crippen LogP contribution < -0.4 is 9.47 Å². The van der Waals surface area contributed by atoms with Crippen LogP contribution in [0, 0.1) is 15.9 Å². The van der Waals surface area contributed by atoms with Gasteiger partial charge in [-0.05, 0) is 24.3 Å². The molecule has 1 fully saturated rings. The van der Waals surface area contributed by atoms with Crippen LogP contribution in [0.4, 0.5) is 10.1 Å². The van der Waals surface area contributed by atoms with Crippen LogP contribution in [0.15, 0.2) is 47.4 Å². The van der Waals surface area contributed by atoms with E-state index in [-0.39, 0.29) is 55.9 Å². The fraction of sp³-hybridized carbons (Fsp3) is 0.333. The van der Waals surface area contributed by atoms with Crippen molar-refractivity contribution in [2.75, 3.05) is 39.5 Å². The first-order valence-corrected chi connectivity index (χ1v) is 10.2. The number of hydrogen-bond donors (Lipinski definition) is 0. The quantitative estimate of drug-likeness (QED) is 0.362. The molecular weight excluding hydrogens is 407 g/mol. The average molecular weight is 426 g/mol. The number of morpholine rings is 1. The molecule has 0 saturated carbocycles. The molecule has 0 aliphatic carbocycles. The summed E-state index contributed by atoms with van der Waals surface area (Å²) in [4.78, 5) is 10.5. The van der Waals surface area contributed by atoms with Crippen molar-refractivity contribution in [1.29, 1.82) is 0 Å². The van der Waals surface area contributed by atoms with Gasteiger partial charge in [0.25, 0.3) is 0 Å². The number of nitrogens with zero attached hydrogens (tertiary/aromatic N) is 2. The number of nitro groups is 1. The van der Waals surface area contributed by atoms with Gasteiger partial charge in [-0.2, -0.15) is 4.31 Å². The fourth-order valence-corrected chi connectivity index (χ4v) is 4.15. The Morgan fingerprint density at radius 3 is 2.38 bits per heavy atom. The first-order chi connectivity index (χ1) is 13.9. The third-order valence-corrected chi connectivity index (χ3v) is 6.06. The highest BCUT2D eigenvalue weighted by molar-refractivity contribution is 7.89. The molecule has 0 spiro atoms. The van der Waals surface area contributed by atoms with E-state index in [1.807, 2.05) is 0 Å². The van der Waals surface area contributed by atoms with E-state index >= 15 is 0 Å². The highest BCUT2D eigenvalue weighted by atomic mass is 32.2. The van der Waals surface area contributed by atoms with Gasteiger partial charge in [0.2, 0.25) is 10.0 Å². The van der Waals surface area contributed by atoms with Gasteiger partial charge in [-0.1, -0.05) is 12.1 Å². The first kappa shape index (κ1) is 21.0. The van der Waals surface area contributed by atoms with Crippen molar-refractivity contribution in [2.24, 2.45) is 0 Å². The molecule has 0 bridgehead atoms. The summed E-state index contributed by atoms with van der Waals surface area (Å²) in [7, 11) is -3.87. The number of hydrogen-bond acceptors (Lipinski definition) is 7. The van der Waals surface area contributed by atoms with Crippen LogP contribution in [0.2, 0.25) is 0 Å². The summed E-state index contributed by atoms with van der Waals surface area (Å²) in [5, 5.41) is 11.4. The second kappa shape index (κ2) is 9.16. The third kappa shape index (κ3) is 5.00. The molecule has 156 valence electrons. The minimum absolute atomic E-state index is 0.0394. The molecule has 0 N–H and O–H groups in total. The Bertz CT molecular complexity index is 978. The van der Waals surface area contributed by atoms with Crippen LogP contribution in [-0.4, -0.2) is 57.2 Å². The highest BCUT2D eigenvalue weighted by Crippen LogP contribution is 2.31. The van der Waals surface area contributed by atoms with Crippen molar-refractivity contribution >= 4 is 15.7 Å². The zero-order valence-corrected chi connectivity index (χ0v) is 16.1. The lowest BCUT2D eigenvalue weighted by Gasteiger charge is -2.26. The summed E-state index contributed by atoms with van der Waals surface area (Å²) in [6.45, 7) is 0.759. The van der Waals surface area contributed by atoms with Crippen molar-refractivity contribution in [3.63, 3.8) is 0 Å². The van der Waals surface area contributed by atoms with Crippen molar-refractivity contribution in [3.8, 4) is 11.5 Å². The van der Waals surface area contributed by atoms with Gasteiger partial charge < -0.3 is 14.2 Å². The summed E-state index contributed by atoms with van der Waals surface area (Å²) in [6, 6.07) is 9.28. The van der Waals surface area contributed by atoms with E-state index in [1.165, 1.54) is 34.6 Å². The van der Waals surface area contributed by atoms with Crippen LogP contribution in [-0.2, 0) is 14.8 Å². The van der Waals surface area contributed by atoms with E-state index < -0.39 is 26.5 Å². The molecule has 1 aliphatic rings. The maximum atomic E-state index is 13.5. The largest absolute Gasteiger partial charge is 0.487 e. The Labute approximate surface area is 166 Å². The van der Waals surface area contributed by atoms with Gasteiger partial charge in [-0.15, -0.1) is 0 Å². The molecule has 0 aromatic heterocycles. The molecule has 0 radical (unpaired) electrons. The number of rotatable bonds is 8. The molecule has 3 rings (SSSR count). The smallest absolute Gasteiger partial charge is 0.312 e. The van der Waals surface area contributed by atoms with Crippen molar-refractivity contribution in [2.45, 2.75) is 4.90 Å². The van der Waals surface area contributed by atoms with Gasteiger partial charge in [0, 0.05) is 19.2 Å². The Morgan fingerprint density at radius 1 is 1.07 bits per heavy atom. The standard InChI is InChI=1S/C18H19FN2O7S/c19-15-3-1-2-4-17(15)27-11-12-28-18-6-5-14(13-16(18)21(22)23)29(24,25)20-7-9-26-10-8-20/h1-6,13H,7-12H2. The minimum atomic E-state index is -3.87. The molecule has 0 atom stereocenters. The number of benzene rings is 2. The number of halogens is 1. The van der Waals surface area contributed by atoms with E-state index in [9.17, 15) is 22.9 Å². The molecule has 0 unspecified atom stereocenters. The van der Waals surface area contributed by atoms with Crippen LogP contribution in [0.25, 0.3) is 0 Å².